The Hall–Kier alpha value is -2.04. The van der Waals surface area contributed by atoms with E-state index in [0.717, 1.165) is 22.6 Å². The van der Waals surface area contributed by atoms with Crippen LogP contribution in [-0.4, -0.2) is 20.8 Å². The largest absolute Gasteiger partial charge is 0.497 e. The Morgan fingerprint density at radius 1 is 1.00 bits per heavy atom. The van der Waals surface area contributed by atoms with Gasteiger partial charge in [-0.25, -0.2) is 0 Å². The highest BCUT2D eigenvalue weighted by Crippen LogP contribution is 2.25. The number of hydrogen-bond acceptors (Lipinski definition) is 4. The molecular formula is C17H21NO3. The summed E-state index contributed by atoms with van der Waals surface area (Å²) >= 11 is 0. The summed E-state index contributed by atoms with van der Waals surface area (Å²) in [6, 6.07) is 15.6. The Bertz CT molecular complexity index is 571. The summed E-state index contributed by atoms with van der Waals surface area (Å²) in [5.74, 6) is 1.57. The Kier molecular flexibility index (Phi) is 5.60. The van der Waals surface area contributed by atoms with E-state index < -0.39 is 0 Å². The minimum atomic E-state index is -0.210. The van der Waals surface area contributed by atoms with E-state index in [1.54, 1.807) is 14.2 Å². The van der Waals surface area contributed by atoms with Crippen molar-refractivity contribution in [3.05, 3.63) is 59.7 Å². The lowest BCUT2D eigenvalue weighted by Crippen LogP contribution is -2.18. The third-order valence-corrected chi connectivity index (χ3v) is 3.17. The van der Waals surface area contributed by atoms with Crippen molar-refractivity contribution in [3.63, 3.8) is 0 Å². The van der Waals surface area contributed by atoms with Crippen LogP contribution in [0.2, 0.25) is 0 Å². The minimum absolute atomic E-state index is 0.210. The number of rotatable bonds is 7. The van der Waals surface area contributed by atoms with Crippen molar-refractivity contribution in [3.8, 4) is 11.5 Å². The van der Waals surface area contributed by atoms with Crippen LogP contribution in [0.1, 0.15) is 17.2 Å². The van der Waals surface area contributed by atoms with Gasteiger partial charge in [0.2, 0.25) is 0 Å². The van der Waals surface area contributed by atoms with E-state index in [-0.39, 0.29) is 6.10 Å². The molecule has 2 aromatic rings. The smallest absolute Gasteiger partial charge is 0.136 e. The molecule has 0 aliphatic carbocycles. The number of ether oxygens (including phenoxy) is 3. The second kappa shape index (κ2) is 7.67. The normalized spacial score (nSPS) is 12.0. The highest BCUT2D eigenvalue weighted by molar-refractivity contribution is 5.32. The molecule has 1 unspecified atom stereocenters. The molecule has 0 aliphatic heterocycles. The molecule has 112 valence electrons. The van der Waals surface area contributed by atoms with Crippen molar-refractivity contribution in [2.75, 3.05) is 20.8 Å². The molecule has 0 bridgehead atoms. The molecule has 21 heavy (non-hydrogen) atoms. The van der Waals surface area contributed by atoms with Gasteiger partial charge < -0.3 is 19.9 Å². The molecular weight excluding hydrogens is 266 g/mol. The van der Waals surface area contributed by atoms with Crippen molar-refractivity contribution >= 4 is 0 Å². The molecule has 0 aliphatic rings. The van der Waals surface area contributed by atoms with Crippen molar-refractivity contribution < 1.29 is 14.2 Å². The maximum absolute atomic E-state index is 6.00. The first-order valence-electron chi connectivity index (χ1n) is 6.85. The van der Waals surface area contributed by atoms with Crippen LogP contribution in [0, 0.1) is 0 Å². The van der Waals surface area contributed by atoms with E-state index in [0.29, 0.717) is 13.2 Å². The van der Waals surface area contributed by atoms with E-state index in [2.05, 4.69) is 0 Å². The summed E-state index contributed by atoms with van der Waals surface area (Å²) in [5.41, 5.74) is 7.91. The van der Waals surface area contributed by atoms with Crippen LogP contribution in [0.4, 0.5) is 0 Å². The first kappa shape index (κ1) is 15.4. The van der Waals surface area contributed by atoms with E-state index >= 15 is 0 Å². The topological polar surface area (TPSA) is 53.7 Å². The van der Waals surface area contributed by atoms with Crippen molar-refractivity contribution in [1.29, 1.82) is 0 Å². The lowest BCUT2D eigenvalue weighted by Gasteiger charge is -2.19. The van der Waals surface area contributed by atoms with Gasteiger partial charge in [-0.15, -0.1) is 0 Å². The van der Waals surface area contributed by atoms with Gasteiger partial charge in [0, 0.05) is 13.7 Å². The van der Waals surface area contributed by atoms with Gasteiger partial charge in [-0.2, -0.15) is 0 Å². The Balaban J connectivity index is 2.16. The molecule has 0 aromatic heterocycles. The van der Waals surface area contributed by atoms with Crippen molar-refractivity contribution in [1.82, 2.24) is 0 Å². The molecule has 0 radical (unpaired) electrons. The van der Waals surface area contributed by atoms with Crippen LogP contribution in [0.5, 0.6) is 11.5 Å². The monoisotopic (exact) mass is 287 g/mol. The zero-order valence-corrected chi connectivity index (χ0v) is 12.4. The highest BCUT2D eigenvalue weighted by Gasteiger charge is 2.12. The molecule has 2 N–H and O–H groups in total. The van der Waals surface area contributed by atoms with Gasteiger partial charge in [-0.05, 0) is 35.4 Å². The number of methoxy groups -OCH3 is 2. The lowest BCUT2D eigenvalue weighted by molar-refractivity contribution is 0.183. The molecule has 1 atom stereocenters. The molecule has 0 saturated heterocycles. The average Bonchev–Trinajstić information content (AvgIpc) is 2.53. The lowest BCUT2D eigenvalue weighted by atomic mass is 10.1. The van der Waals surface area contributed by atoms with E-state index in [1.807, 2.05) is 48.5 Å². The van der Waals surface area contributed by atoms with Gasteiger partial charge in [0.05, 0.1) is 13.7 Å². The van der Waals surface area contributed by atoms with Crippen LogP contribution in [0.15, 0.2) is 48.5 Å². The summed E-state index contributed by atoms with van der Waals surface area (Å²) < 4.78 is 16.4. The summed E-state index contributed by atoms with van der Waals surface area (Å²) in [6.07, 6.45) is -0.210. The zero-order chi connectivity index (χ0) is 15.1. The predicted molar refractivity (Wildman–Crippen MR) is 82.6 cm³/mol. The van der Waals surface area contributed by atoms with Gasteiger partial charge >= 0.3 is 0 Å². The van der Waals surface area contributed by atoms with Crippen LogP contribution in [0.25, 0.3) is 0 Å². The summed E-state index contributed by atoms with van der Waals surface area (Å²) in [5, 5.41) is 0. The van der Waals surface area contributed by atoms with Gasteiger partial charge in [0.25, 0.3) is 0 Å². The summed E-state index contributed by atoms with van der Waals surface area (Å²) in [4.78, 5) is 0. The van der Waals surface area contributed by atoms with Crippen LogP contribution in [-0.2, 0) is 11.3 Å². The van der Waals surface area contributed by atoms with Gasteiger partial charge in [-0.1, -0.05) is 24.3 Å². The standard InChI is InChI=1S/C17H21NO3/c1-19-12-13-5-3-8-16(9-13)21-17(11-18)14-6-4-7-15(10-14)20-2/h3-10,17H,11-12,18H2,1-2H3. The highest BCUT2D eigenvalue weighted by atomic mass is 16.5. The van der Waals surface area contributed by atoms with E-state index in [1.165, 1.54) is 0 Å². The maximum atomic E-state index is 6.00. The fourth-order valence-corrected chi connectivity index (χ4v) is 2.13. The molecule has 2 aromatic carbocycles. The van der Waals surface area contributed by atoms with E-state index in [4.69, 9.17) is 19.9 Å². The fraction of sp³-hybridized carbons (Fsp3) is 0.294. The quantitative estimate of drug-likeness (QED) is 0.850. The Morgan fingerprint density at radius 2 is 1.76 bits per heavy atom. The van der Waals surface area contributed by atoms with E-state index in [9.17, 15) is 0 Å². The SMILES string of the molecule is COCc1cccc(OC(CN)c2cccc(OC)c2)c1. The third kappa shape index (κ3) is 4.21. The second-order valence-corrected chi connectivity index (χ2v) is 4.70. The number of benzene rings is 2. The molecule has 0 fully saturated rings. The van der Waals surface area contributed by atoms with Crippen LogP contribution >= 0.6 is 0 Å². The molecule has 4 nitrogen and oxygen atoms in total. The van der Waals surface area contributed by atoms with Crippen LogP contribution < -0.4 is 15.2 Å². The predicted octanol–water partition coefficient (Wildman–Crippen LogP) is 2.92. The second-order valence-electron chi connectivity index (χ2n) is 4.70. The molecule has 4 heteroatoms. The molecule has 0 spiro atoms. The van der Waals surface area contributed by atoms with Crippen molar-refractivity contribution in [2.45, 2.75) is 12.7 Å². The van der Waals surface area contributed by atoms with Crippen molar-refractivity contribution in [2.24, 2.45) is 5.73 Å². The van der Waals surface area contributed by atoms with Gasteiger partial charge in [0.1, 0.15) is 17.6 Å². The van der Waals surface area contributed by atoms with Gasteiger partial charge in [-0.3, -0.25) is 0 Å². The first-order valence-corrected chi connectivity index (χ1v) is 6.85. The first-order chi connectivity index (χ1) is 10.3. The molecule has 0 heterocycles. The molecule has 0 saturated carbocycles. The zero-order valence-electron chi connectivity index (χ0n) is 12.4. The fourth-order valence-electron chi connectivity index (χ4n) is 2.13. The average molecular weight is 287 g/mol. The number of hydrogen-bond donors (Lipinski definition) is 1. The molecule has 0 amide bonds. The minimum Gasteiger partial charge on any atom is -0.497 e. The molecule has 2 rings (SSSR count). The number of nitrogens with two attached hydrogens (primary N) is 1. The summed E-state index contributed by atoms with van der Waals surface area (Å²) in [6.45, 7) is 0.950. The third-order valence-electron chi connectivity index (χ3n) is 3.17. The van der Waals surface area contributed by atoms with Crippen LogP contribution in [0.3, 0.4) is 0 Å². The van der Waals surface area contributed by atoms with Gasteiger partial charge in [0.15, 0.2) is 0 Å². The maximum Gasteiger partial charge on any atom is 0.136 e. The summed E-state index contributed by atoms with van der Waals surface area (Å²) in [7, 11) is 3.32. The Morgan fingerprint density at radius 3 is 2.48 bits per heavy atom. The Labute approximate surface area is 125 Å².